The maximum atomic E-state index is 11.1. The third-order valence-electron chi connectivity index (χ3n) is 3.50. The maximum absolute atomic E-state index is 11.1. The van der Waals surface area contributed by atoms with E-state index in [9.17, 15) is 4.79 Å². The van der Waals surface area contributed by atoms with E-state index in [2.05, 4.69) is 25.5 Å². The molecule has 0 aliphatic heterocycles. The number of aromatic amines is 1. The minimum Gasteiger partial charge on any atom is -0.467 e. The standard InChI is InChI=1S/C16H15N5O3/c1-9-5-3-4-6-11(9)12-13(20-21-14(12)19-16(22)23)10-7-17-15(24-2)18-8-10/h3-8H,1-2H3,(H,22,23)(H2,19,20,21). The highest BCUT2D eigenvalue weighted by atomic mass is 16.5. The SMILES string of the molecule is COc1ncc(-c2n[nH]c(NC(=O)O)c2-c2ccccc2C)cn1. The maximum Gasteiger partial charge on any atom is 0.410 e. The predicted octanol–water partition coefficient (Wildman–Crippen LogP) is 2.94. The smallest absolute Gasteiger partial charge is 0.410 e. The Morgan fingerprint density at radius 2 is 1.96 bits per heavy atom. The van der Waals surface area contributed by atoms with Crippen molar-refractivity contribution in [2.45, 2.75) is 6.92 Å². The number of H-pyrrole nitrogens is 1. The van der Waals surface area contributed by atoms with Gasteiger partial charge in [0.15, 0.2) is 0 Å². The van der Waals surface area contributed by atoms with Gasteiger partial charge in [0.05, 0.1) is 12.7 Å². The van der Waals surface area contributed by atoms with E-state index in [1.807, 2.05) is 31.2 Å². The fraction of sp³-hybridized carbons (Fsp3) is 0.125. The molecule has 1 amide bonds. The van der Waals surface area contributed by atoms with Gasteiger partial charge in [0.1, 0.15) is 11.5 Å². The van der Waals surface area contributed by atoms with Crippen LogP contribution in [0, 0.1) is 6.92 Å². The van der Waals surface area contributed by atoms with Crippen LogP contribution in [0.1, 0.15) is 5.56 Å². The zero-order valence-electron chi connectivity index (χ0n) is 13.1. The number of aryl methyl sites for hydroxylation is 1. The molecule has 0 bridgehead atoms. The lowest BCUT2D eigenvalue weighted by molar-refractivity contribution is 0.209. The Kier molecular flexibility index (Phi) is 4.11. The highest BCUT2D eigenvalue weighted by molar-refractivity contribution is 5.95. The molecule has 0 saturated heterocycles. The summed E-state index contributed by atoms with van der Waals surface area (Å²) in [5.41, 5.74) is 3.69. The fourth-order valence-electron chi connectivity index (χ4n) is 2.41. The third kappa shape index (κ3) is 2.89. The molecule has 0 atom stereocenters. The Labute approximate surface area is 137 Å². The van der Waals surface area contributed by atoms with E-state index in [0.717, 1.165) is 11.1 Å². The molecular weight excluding hydrogens is 310 g/mol. The molecule has 2 aromatic heterocycles. The number of carbonyl (C=O) groups is 1. The van der Waals surface area contributed by atoms with Crippen molar-refractivity contribution in [2.24, 2.45) is 0 Å². The number of nitrogens with zero attached hydrogens (tertiary/aromatic N) is 3. The van der Waals surface area contributed by atoms with Gasteiger partial charge in [0.25, 0.3) is 0 Å². The Balaban J connectivity index is 2.17. The number of benzene rings is 1. The summed E-state index contributed by atoms with van der Waals surface area (Å²) in [6, 6.07) is 7.89. The van der Waals surface area contributed by atoms with Crippen molar-refractivity contribution in [3.8, 4) is 28.4 Å². The summed E-state index contributed by atoms with van der Waals surface area (Å²) in [7, 11) is 1.48. The molecule has 0 radical (unpaired) electrons. The first kappa shape index (κ1) is 15.5. The van der Waals surface area contributed by atoms with Gasteiger partial charge in [0.2, 0.25) is 0 Å². The van der Waals surface area contributed by atoms with Crippen molar-refractivity contribution in [3.63, 3.8) is 0 Å². The van der Waals surface area contributed by atoms with Gasteiger partial charge >= 0.3 is 12.1 Å². The highest BCUT2D eigenvalue weighted by Gasteiger charge is 2.20. The first-order valence-electron chi connectivity index (χ1n) is 7.11. The number of methoxy groups -OCH3 is 1. The van der Waals surface area contributed by atoms with Gasteiger partial charge < -0.3 is 9.84 Å². The molecule has 8 heteroatoms. The van der Waals surface area contributed by atoms with Gasteiger partial charge in [-0.2, -0.15) is 5.10 Å². The van der Waals surface area contributed by atoms with Crippen LogP contribution in [0.3, 0.4) is 0 Å². The third-order valence-corrected chi connectivity index (χ3v) is 3.50. The number of anilines is 1. The Hall–Kier alpha value is -3.42. The minimum atomic E-state index is -1.17. The molecule has 0 fully saturated rings. The number of aromatic nitrogens is 4. The van der Waals surface area contributed by atoms with Crippen LogP contribution in [0.4, 0.5) is 10.6 Å². The molecular formula is C16H15N5O3. The molecule has 2 heterocycles. The summed E-state index contributed by atoms with van der Waals surface area (Å²) >= 11 is 0. The van der Waals surface area contributed by atoms with Gasteiger partial charge in [-0.25, -0.2) is 14.8 Å². The van der Waals surface area contributed by atoms with E-state index in [-0.39, 0.29) is 6.01 Å². The molecule has 122 valence electrons. The van der Waals surface area contributed by atoms with E-state index >= 15 is 0 Å². The summed E-state index contributed by atoms with van der Waals surface area (Å²) in [5.74, 6) is 0.294. The van der Waals surface area contributed by atoms with E-state index in [1.54, 1.807) is 12.4 Å². The molecule has 0 aliphatic carbocycles. The molecule has 0 saturated carbocycles. The fourth-order valence-corrected chi connectivity index (χ4v) is 2.41. The van der Waals surface area contributed by atoms with Crippen molar-refractivity contribution in [3.05, 3.63) is 42.2 Å². The van der Waals surface area contributed by atoms with Crippen LogP contribution in [-0.4, -0.2) is 38.5 Å². The average molecular weight is 325 g/mol. The minimum absolute atomic E-state index is 0.246. The number of hydrogen-bond donors (Lipinski definition) is 3. The second-order valence-corrected chi connectivity index (χ2v) is 5.03. The zero-order valence-corrected chi connectivity index (χ0v) is 13.1. The van der Waals surface area contributed by atoms with Crippen LogP contribution in [0.25, 0.3) is 22.4 Å². The van der Waals surface area contributed by atoms with Crippen molar-refractivity contribution < 1.29 is 14.6 Å². The van der Waals surface area contributed by atoms with Crippen molar-refractivity contribution in [2.75, 3.05) is 12.4 Å². The quantitative estimate of drug-likeness (QED) is 0.679. The molecule has 3 N–H and O–H groups in total. The Bertz CT molecular complexity index is 874. The zero-order chi connectivity index (χ0) is 17.1. The largest absolute Gasteiger partial charge is 0.467 e. The van der Waals surface area contributed by atoms with Crippen LogP contribution >= 0.6 is 0 Å². The number of nitrogens with one attached hydrogen (secondary N) is 2. The van der Waals surface area contributed by atoms with E-state index in [4.69, 9.17) is 9.84 Å². The number of amides is 1. The predicted molar refractivity (Wildman–Crippen MR) is 88.0 cm³/mol. The number of rotatable bonds is 4. The van der Waals surface area contributed by atoms with Crippen LogP contribution in [0.15, 0.2) is 36.7 Å². The molecule has 3 rings (SSSR count). The van der Waals surface area contributed by atoms with Crippen molar-refractivity contribution >= 4 is 11.9 Å². The lowest BCUT2D eigenvalue weighted by atomic mass is 9.98. The number of ether oxygens (including phenoxy) is 1. The average Bonchev–Trinajstić information content (AvgIpc) is 2.98. The molecule has 1 aromatic carbocycles. The first-order valence-corrected chi connectivity index (χ1v) is 7.11. The van der Waals surface area contributed by atoms with E-state index < -0.39 is 6.09 Å². The van der Waals surface area contributed by atoms with Crippen LogP contribution in [0.5, 0.6) is 6.01 Å². The van der Waals surface area contributed by atoms with E-state index in [1.165, 1.54) is 7.11 Å². The molecule has 3 aromatic rings. The molecule has 24 heavy (non-hydrogen) atoms. The first-order chi connectivity index (χ1) is 11.6. The second kappa shape index (κ2) is 6.37. The molecule has 0 aliphatic rings. The normalized spacial score (nSPS) is 10.4. The topological polar surface area (TPSA) is 113 Å². The van der Waals surface area contributed by atoms with Crippen LogP contribution < -0.4 is 10.1 Å². The monoisotopic (exact) mass is 325 g/mol. The van der Waals surface area contributed by atoms with Gasteiger partial charge in [-0.15, -0.1) is 0 Å². The Morgan fingerprint density at radius 3 is 2.58 bits per heavy atom. The second-order valence-electron chi connectivity index (χ2n) is 5.03. The number of carboxylic acid groups (broad SMARTS) is 1. The lowest BCUT2D eigenvalue weighted by Crippen LogP contribution is -2.08. The lowest BCUT2D eigenvalue weighted by Gasteiger charge is -2.09. The van der Waals surface area contributed by atoms with Gasteiger partial charge in [-0.05, 0) is 18.1 Å². The highest BCUT2D eigenvalue weighted by Crippen LogP contribution is 2.37. The van der Waals surface area contributed by atoms with Crippen molar-refractivity contribution in [1.29, 1.82) is 0 Å². The van der Waals surface area contributed by atoms with Crippen LogP contribution in [0.2, 0.25) is 0 Å². The Morgan fingerprint density at radius 1 is 1.25 bits per heavy atom. The summed E-state index contributed by atoms with van der Waals surface area (Å²) in [4.78, 5) is 19.2. The van der Waals surface area contributed by atoms with E-state index in [0.29, 0.717) is 22.6 Å². The molecule has 0 unspecified atom stereocenters. The summed E-state index contributed by atoms with van der Waals surface area (Å²) in [6.07, 6.45) is 1.98. The van der Waals surface area contributed by atoms with Gasteiger partial charge in [-0.1, -0.05) is 24.3 Å². The molecule has 0 spiro atoms. The number of hydrogen-bond acceptors (Lipinski definition) is 5. The van der Waals surface area contributed by atoms with Gasteiger partial charge in [0, 0.05) is 18.0 Å². The summed E-state index contributed by atoms with van der Waals surface area (Å²) in [6.45, 7) is 1.95. The van der Waals surface area contributed by atoms with Crippen molar-refractivity contribution in [1.82, 2.24) is 20.2 Å². The summed E-state index contributed by atoms with van der Waals surface area (Å²) in [5, 5.41) is 18.4. The molecule has 8 nitrogen and oxygen atoms in total. The van der Waals surface area contributed by atoms with Crippen LogP contribution in [-0.2, 0) is 0 Å². The van der Waals surface area contributed by atoms with Gasteiger partial charge in [-0.3, -0.25) is 10.4 Å². The summed E-state index contributed by atoms with van der Waals surface area (Å²) < 4.78 is 4.96.